The number of para-hydroxylation sites is 1. The Morgan fingerprint density at radius 1 is 0.486 bits per heavy atom. The van der Waals surface area contributed by atoms with Gasteiger partial charge in [0.1, 0.15) is 0 Å². The predicted molar refractivity (Wildman–Crippen MR) is 144 cm³/mol. The molecule has 4 heteroatoms. The molecule has 0 bridgehead atoms. The molecule has 7 rings (SSSR count). The minimum atomic E-state index is 0.122. The molecular formula is C31H14N4. The number of benzene rings is 5. The van der Waals surface area contributed by atoms with Crippen LogP contribution in [0.5, 0.6) is 0 Å². The number of aromatic nitrogens is 1. The zero-order valence-corrected chi connectivity index (χ0v) is 18.4. The predicted octanol–water partition coefficient (Wildman–Crippen LogP) is 9.36. The summed E-state index contributed by atoms with van der Waals surface area (Å²) in [6, 6.07) is 28.8. The van der Waals surface area contributed by atoms with Crippen molar-refractivity contribution in [2.45, 2.75) is 0 Å². The Morgan fingerprint density at radius 3 is 1.71 bits per heavy atom. The summed E-state index contributed by atoms with van der Waals surface area (Å²) in [4.78, 5) is 11.2. The Kier molecular flexibility index (Phi) is 3.73. The van der Waals surface area contributed by atoms with Crippen LogP contribution < -0.4 is 0 Å². The summed E-state index contributed by atoms with van der Waals surface area (Å²) in [5.41, 5.74) is 3.39. The molecule has 0 aliphatic rings. The van der Waals surface area contributed by atoms with Gasteiger partial charge in [-0.15, -0.1) is 0 Å². The number of fused-ring (bicyclic) bond motifs is 13. The summed E-state index contributed by atoms with van der Waals surface area (Å²) in [6.45, 7) is 23.6. The number of hydrogen-bond donors (Lipinski definition) is 0. The third-order valence-corrected chi connectivity index (χ3v) is 6.97. The van der Waals surface area contributed by atoms with Gasteiger partial charge in [-0.25, -0.2) is 0 Å². The van der Waals surface area contributed by atoms with Crippen LogP contribution in [0.4, 0.5) is 17.1 Å². The lowest BCUT2D eigenvalue weighted by molar-refractivity contribution is 1.35. The fourth-order valence-corrected chi connectivity index (χ4v) is 5.62. The van der Waals surface area contributed by atoms with Crippen molar-refractivity contribution in [2.24, 2.45) is 0 Å². The first-order valence-corrected chi connectivity index (χ1v) is 11.1. The highest BCUT2D eigenvalue weighted by molar-refractivity contribution is 6.37. The molecule has 0 aliphatic carbocycles. The van der Waals surface area contributed by atoms with E-state index >= 15 is 0 Å². The van der Waals surface area contributed by atoms with Crippen molar-refractivity contribution >= 4 is 76.7 Å². The summed E-state index contributed by atoms with van der Waals surface area (Å²) in [5, 5.41) is 8.21. The zero-order valence-electron chi connectivity index (χ0n) is 18.4. The molecule has 35 heavy (non-hydrogen) atoms. The van der Waals surface area contributed by atoms with Crippen molar-refractivity contribution < 1.29 is 0 Å². The molecule has 0 saturated carbocycles. The quantitative estimate of drug-likeness (QED) is 0.164. The van der Waals surface area contributed by atoms with E-state index < -0.39 is 0 Å². The summed E-state index contributed by atoms with van der Waals surface area (Å²) in [6.07, 6.45) is 0. The van der Waals surface area contributed by atoms with Gasteiger partial charge in [0.05, 0.1) is 30.7 Å². The van der Waals surface area contributed by atoms with Crippen LogP contribution in [0.2, 0.25) is 0 Å². The average molecular weight is 442 g/mol. The van der Waals surface area contributed by atoms with Crippen molar-refractivity contribution in [1.82, 2.24) is 4.40 Å². The molecule has 0 atom stereocenters. The van der Waals surface area contributed by atoms with E-state index in [2.05, 4.69) is 67.5 Å². The number of pyridine rings is 1. The van der Waals surface area contributed by atoms with Gasteiger partial charge >= 0.3 is 0 Å². The van der Waals surface area contributed by atoms with Gasteiger partial charge < -0.3 is 4.40 Å². The second kappa shape index (κ2) is 6.82. The first-order valence-electron chi connectivity index (χ1n) is 11.1. The second-order valence-electron chi connectivity index (χ2n) is 8.59. The molecule has 0 spiro atoms. The van der Waals surface area contributed by atoms with Crippen molar-refractivity contribution in [3.63, 3.8) is 0 Å². The fourth-order valence-electron chi connectivity index (χ4n) is 5.62. The van der Waals surface area contributed by atoms with Crippen molar-refractivity contribution in [1.29, 1.82) is 0 Å². The SMILES string of the molecule is [C-]#[N+]c1cc2c(c([N+]#[C-])c1[N+]#[C-])c1c3ccccc3c3ccccc3c1c1cc3ccccc3n21. The number of rotatable bonds is 0. The van der Waals surface area contributed by atoms with E-state index in [1.54, 1.807) is 6.07 Å². The van der Waals surface area contributed by atoms with Crippen LogP contribution in [0.25, 0.3) is 74.2 Å². The maximum atomic E-state index is 8.09. The smallest absolute Gasteiger partial charge is 0.201 e. The standard InChI is InChI=1S/C31H14N4/c1-32-23-17-26-29(31(34-3)30(23)33-2)28-22-14-8-6-12-20(22)19-11-5-7-13-21(19)27(28)25-16-18-10-4-9-15-24(18)35(25)26/h4-17H. The molecule has 4 nitrogen and oxygen atoms in total. The van der Waals surface area contributed by atoms with E-state index in [-0.39, 0.29) is 17.1 Å². The molecule has 0 N–H and O–H groups in total. The van der Waals surface area contributed by atoms with Gasteiger partial charge in [-0.1, -0.05) is 66.7 Å². The van der Waals surface area contributed by atoms with Gasteiger partial charge in [0.2, 0.25) is 5.69 Å². The second-order valence-corrected chi connectivity index (χ2v) is 8.59. The lowest BCUT2D eigenvalue weighted by Gasteiger charge is -2.18. The van der Waals surface area contributed by atoms with E-state index in [4.69, 9.17) is 19.7 Å². The minimum Gasteiger partial charge on any atom is -0.311 e. The van der Waals surface area contributed by atoms with E-state index in [9.17, 15) is 0 Å². The molecule has 0 unspecified atom stereocenters. The first kappa shape index (κ1) is 19.1. The first-order chi connectivity index (χ1) is 17.3. The molecule has 0 aliphatic heterocycles. The normalized spacial score (nSPS) is 11.3. The molecule has 0 amide bonds. The zero-order chi connectivity index (χ0) is 23.7. The van der Waals surface area contributed by atoms with E-state index in [0.717, 1.165) is 59.6 Å². The number of nitrogens with zero attached hydrogens (tertiary/aromatic N) is 4. The van der Waals surface area contributed by atoms with Crippen molar-refractivity contribution in [3.05, 3.63) is 119 Å². The highest BCUT2D eigenvalue weighted by atomic mass is 14.9. The number of hydrogen-bond acceptors (Lipinski definition) is 0. The molecule has 0 saturated heterocycles. The van der Waals surface area contributed by atoms with Crippen LogP contribution in [0.3, 0.4) is 0 Å². The molecule has 0 fully saturated rings. The molecule has 5 aromatic carbocycles. The fraction of sp³-hybridized carbons (Fsp3) is 0. The van der Waals surface area contributed by atoms with Crippen LogP contribution in [0.15, 0.2) is 84.9 Å². The minimum absolute atomic E-state index is 0.122. The Hall–Kier alpha value is -5.37. The molecule has 2 aromatic heterocycles. The average Bonchev–Trinajstić information content (AvgIpc) is 3.31. The van der Waals surface area contributed by atoms with Crippen LogP contribution in [0, 0.1) is 19.7 Å². The molecule has 7 aromatic rings. The Morgan fingerprint density at radius 2 is 1.06 bits per heavy atom. The highest BCUT2D eigenvalue weighted by Crippen LogP contribution is 2.50. The van der Waals surface area contributed by atoms with Gasteiger partial charge in [-0.2, -0.15) is 0 Å². The van der Waals surface area contributed by atoms with Gasteiger partial charge in [-0.05, 0) is 50.5 Å². The highest BCUT2D eigenvalue weighted by Gasteiger charge is 2.23. The topological polar surface area (TPSA) is 17.5 Å². The Balaban J connectivity index is 2.01. The van der Waals surface area contributed by atoms with E-state index in [0.29, 0.717) is 0 Å². The summed E-state index contributed by atoms with van der Waals surface area (Å²) in [5.74, 6) is 0. The summed E-state index contributed by atoms with van der Waals surface area (Å²) in [7, 11) is 0. The van der Waals surface area contributed by atoms with Crippen LogP contribution >= 0.6 is 0 Å². The molecule has 2 heterocycles. The summed E-state index contributed by atoms with van der Waals surface area (Å²) >= 11 is 0. The van der Waals surface area contributed by atoms with Gasteiger partial charge in [-0.3, -0.25) is 14.5 Å². The van der Waals surface area contributed by atoms with Crippen molar-refractivity contribution in [2.75, 3.05) is 0 Å². The van der Waals surface area contributed by atoms with Crippen LogP contribution in [0.1, 0.15) is 0 Å². The van der Waals surface area contributed by atoms with Crippen LogP contribution in [-0.2, 0) is 0 Å². The van der Waals surface area contributed by atoms with E-state index in [1.807, 2.05) is 30.3 Å². The maximum absolute atomic E-state index is 8.09. The maximum Gasteiger partial charge on any atom is 0.201 e. The Bertz CT molecular complexity index is 2200. The third kappa shape index (κ3) is 2.32. The largest absolute Gasteiger partial charge is 0.311 e. The monoisotopic (exact) mass is 442 g/mol. The summed E-state index contributed by atoms with van der Waals surface area (Å²) < 4.78 is 2.16. The van der Waals surface area contributed by atoms with Gasteiger partial charge in [0.15, 0.2) is 11.4 Å². The van der Waals surface area contributed by atoms with Gasteiger partial charge in [0, 0.05) is 16.3 Å². The molecule has 158 valence electrons. The lowest BCUT2D eigenvalue weighted by atomic mass is 9.91. The van der Waals surface area contributed by atoms with E-state index in [1.165, 1.54) is 0 Å². The lowest BCUT2D eigenvalue weighted by Crippen LogP contribution is -1.94. The Labute approximate surface area is 200 Å². The molecule has 0 radical (unpaired) electrons. The van der Waals surface area contributed by atoms with Gasteiger partial charge in [0.25, 0.3) is 0 Å². The molecular weight excluding hydrogens is 428 g/mol. The van der Waals surface area contributed by atoms with Crippen LogP contribution in [-0.4, -0.2) is 4.40 Å². The third-order valence-electron chi connectivity index (χ3n) is 6.97. The van der Waals surface area contributed by atoms with Crippen molar-refractivity contribution in [3.8, 4) is 0 Å².